The molecule has 1 aliphatic carbocycles. The van der Waals surface area contributed by atoms with Gasteiger partial charge in [-0.05, 0) is 26.3 Å². The summed E-state index contributed by atoms with van der Waals surface area (Å²) >= 11 is 0. The molecule has 90 valence electrons. The van der Waals surface area contributed by atoms with Crippen molar-refractivity contribution in [3.8, 4) is 0 Å². The minimum Gasteiger partial charge on any atom is -0.335 e. The summed E-state index contributed by atoms with van der Waals surface area (Å²) in [5.74, 6) is 1.98. The summed E-state index contributed by atoms with van der Waals surface area (Å²) in [5.41, 5.74) is 8.11. The smallest absolute Gasteiger partial charge is 0.112 e. The summed E-state index contributed by atoms with van der Waals surface area (Å²) in [4.78, 5) is 4.81. The molecule has 0 amide bonds. The van der Waals surface area contributed by atoms with Crippen molar-refractivity contribution in [2.45, 2.75) is 51.4 Å². The Bertz CT molecular complexity index is 348. The Kier molecular flexibility index (Phi) is 3.64. The van der Waals surface area contributed by atoms with Crippen LogP contribution in [0.5, 0.6) is 0 Å². The van der Waals surface area contributed by atoms with E-state index in [2.05, 4.69) is 18.5 Å². The van der Waals surface area contributed by atoms with Gasteiger partial charge < -0.3 is 10.3 Å². The van der Waals surface area contributed by atoms with Gasteiger partial charge in [0, 0.05) is 25.1 Å². The molecule has 2 N–H and O–H groups in total. The maximum Gasteiger partial charge on any atom is 0.112 e. The summed E-state index contributed by atoms with van der Waals surface area (Å²) in [6.45, 7) is 2.85. The Morgan fingerprint density at radius 1 is 1.31 bits per heavy atom. The highest BCUT2D eigenvalue weighted by Gasteiger charge is 2.21. The SMILES string of the molecule is Cc1c(CCN)nc(C2CCCCC2)n1C. The lowest BCUT2D eigenvalue weighted by Gasteiger charge is -2.21. The fraction of sp³-hybridized carbons (Fsp3) is 0.769. The summed E-state index contributed by atoms with van der Waals surface area (Å²) < 4.78 is 2.28. The van der Waals surface area contributed by atoms with E-state index >= 15 is 0 Å². The summed E-state index contributed by atoms with van der Waals surface area (Å²) in [6.07, 6.45) is 7.66. The van der Waals surface area contributed by atoms with Crippen LogP contribution in [-0.4, -0.2) is 16.1 Å². The van der Waals surface area contributed by atoms with Crippen LogP contribution in [0.3, 0.4) is 0 Å². The lowest BCUT2D eigenvalue weighted by Crippen LogP contribution is -2.10. The molecule has 1 aliphatic rings. The first kappa shape index (κ1) is 11.6. The molecule has 0 bridgehead atoms. The zero-order valence-corrected chi connectivity index (χ0v) is 10.5. The van der Waals surface area contributed by atoms with Crippen LogP contribution < -0.4 is 5.73 Å². The monoisotopic (exact) mass is 221 g/mol. The molecule has 0 radical (unpaired) electrons. The van der Waals surface area contributed by atoms with Gasteiger partial charge in [-0.25, -0.2) is 4.98 Å². The second-order valence-corrected chi connectivity index (χ2v) is 4.93. The van der Waals surface area contributed by atoms with E-state index in [1.807, 2.05) is 0 Å². The Labute approximate surface area is 98.1 Å². The van der Waals surface area contributed by atoms with Gasteiger partial charge >= 0.3 is 0 Å². The van der Waals surface area contributed by atoms with E-state index in [1.54, 1.807) is 0 Å². The molecule has 0 saturated heterocycles. The van der Waals surface area contributed by atoms with Gasteiger partial charge in [-0.15, -0.1) is 0 Å². The fourth-order valence-corrected chi connectivity index (χ4v) is 2.76. The van der Waals surface area contributed by atoms with Crippen LogP contribution in [0.1, 0.15) is 55.2 Å². The normalized spacial score (nSPS) is 17.9. The Morgan fingerprint density at radius 3 is 2.62 bits per heavy atom. The molecule has 0 aliphatic heterocycles. The largest absolute Gasteiger partial charge is 0.335 e. The number of nitrogens with zero attached hydrogens (tertiary/aromatic N) is 2. The van der Waals surface area contributed by atoms with Gasteiger partial charge in [0.15, 0.2) is 0 Å². The van der Waals surface area contributed by atoms with Crippen LogP contribution in [-0.2, 0) is 13.5 Å². The molecule has 0 spiro atoms. The lowest BCUT2D eigenvalue weighted by molar-refractivity contribution is 0.420. The van der Waals surface area contributed by atoms with Crippen molar-refractivity contribution in [2.24, 2.45) is 12.8 Å². The average Bonchev–Trinajstić information content (AvgIpc) is 2.59. The lowest BCUT2D eigenvalue weighted by atomic mass is 9.89. The van der Waals surface area contributed by atoms with Gasteiger partial charge in [0.25, 0.3) is 0 Å². The Morgan fingerprint density at radius 2 is 2.00 bits per heavy atom. The standard InChI is InChI=1S/C13H23N3/c1-10-12(8-9-14)15-13(16(10)2)11-6-4-3-5-7-11/h11H,3-9,14H2,1-2H3. The number of hydrogen-bond acceptors (Lipinski definition) is 2. The van der Waals surface area contributed by atoms with Gasteiger partial charge in [0.1, 0.15) is 5.82 Å². The molecule has 3 heteroatoms. The molecule has 0 aromatic carbocycles. The molecule has 16 heavy (non-hydrogen) atoms. The maximum atomic E-state index is 5.62. The van der Waals surface area contributed by atoms with Gasteiger partial charge in [-0.2, -0.15) is 0 Å². The number of hydrogen-bond donors (Lipinski definition) is 1. The fourth-order valence-electron chi connectivity index (χ4n) is 2.76. The predicted molar refractivity (Wildman–Crippen MR) is 66.5 cm³/mol. The van der Waals surface area contributed by atoms with Crippen molar-refractivity contribution in [1.29, 1.82) is 0 Å². The highest BCUT2D eigenvalue weighted by atomic mass is 15.1. The molecule has 0 unspecified atom stereocenters. The number of aromatic nitrogens is 2. The first-order valence-corrected chi connectivity index (χ1v) is 6.46. The first-order chi connectivity index (χ1) is 7.74. The van der Waals surface area contributed by atoms with Crippen molar-refractivity contribution in [1.82, 2.24) is 9.55 Å². The second-order valence-electron chi connectivity index (χ2n) is 4.93. The van der Waals surface area contributed by atoms with E-state index in [9.17, 15) is 0 Å². The zero-order chi connectivity index (χ0) is 11.5. The molecule has 1 aromatic heterocycles. The summed E-state index contributed by atoms with van der Waals surface area (Å²) in [6, 6.07) is 0. The highest BCUT2D eigenvalue weighted by molar-refractivity contribution is 5.18. The number of imidazole rings is 1. The minimum absolute atomic E-state index is 0.684. The topological polar surface area (TPSA) is 43.8 Å². The predicted octanol–water partition coefficient (Wildman–Crippen LogP) is 2.28. The zero-order valence-electron chi connectivity index (χ0n) is 10.5. The third-order valence-electron chi connectivity index (χ3n) is 3.87. The van der Waals surface area contributed by atoms with Crippen molar-refractivity contribution >= 4 is 0 Å². The van der Waals surface area contributed by atoms with Gasteiger partial charge in [-0.1, -0.05) is 19.3 Å². The van der Waals surface area contributed by atoms with Gasteiger partial charge in [0.05, 0.1) is 5.69 Å². The second kappa shape index (κ2) is 5.00. The third kappa shape index (κ3) is 2.14. The van der Waals surface area contributed by atoms with Crippen LogP contribution in [0, 0.1) is 6.92 Å². The van der Waals surface area contributed by atoms with E-state index in [1.165, 1.54) is 49.3 Å². The molecular weight excluding hydrogens is 198 g/mol. The summed E-state index contributed by atoms with van der Waals surface area (Å²) in [5, 5.41) is 0. The summed E-state index contributed by atoms with van der Waals surface area (Å²) in [7, 11) is 2.15. The average molecular weight is 221 g/mol. The maximum absolute atomic E-state index is 5.62. The van der Waals surface area contributed by atoms with Crippen molar-refractivity contribution in [3.05, 3.63) is 17.2 Å². The Balaban J connectivity index is 2.22. The molecule has 1 aromatic rings. The van der Waals surface area contributed by atoms with Gasteiger partial charge in [-0.3, -0.25) is 0 Å². The number of rotatable bonds is 3. The van der Waals surface area contributed by atoms with Crippen LogP contribution in [0.2, 0.25) is 0 Å². The van der Waals surface area contributed by atoms with Crippen LogP contribution in [0.15, 0.2) is 0 Å². The minimum atomic E-state index is 0.684. The van der Waals surface area contributed by atoms with Crippen molar-refractivity contribution < 1.29 is 0 Å². The molecular formula is C13H23N3. The van der Waals surface area contributed by atoms with E-state index in [4.69, 9.17) is 10.7 Å². The molecule has 2 rings (SSSR count). The quantitative estimate of drug-likeness (QED) is 0.851. The first-order valence-electron chi connectivity index (χ1n) is 6.46. The third-order valence-corrected chi connectivity index (χ3v) is 3.87. The van der Waals surface area contributed by atoms with Crippen molar-refractivity contribution in [2.75, 3.05) is 6.54 Å². The number of nitrogens with two attached hydrogens (primary N) is 1. The van der Waals surface area contributed by atoms with E-state index in [0.717, 1.165) is 6.42 Å². The highest BCUT2D eigenvalue weighted by Crippen LogP contribution is 2.32. The van der Waals surface area contributed by atoms with Gasteiger partial charge in [0.2, 0.25) is 0 Å². The van der Waals surface area contributed by atoms with Crippen LogP contribution in [0.25, 0.3) is 0 Å². The Hall–Kier alpha value is -0.830. The van der Waals surface area contributed by atoms with Crippen LogP contribution >= 0.6 is 0 Å². The van der Waals surface area contributed by atoms with Crippen molar-refractivity contribution in [3.63, 3.8) is 0 Å². The molecule has 3 nitrogen and oxygen atoms in total. The molecule has 1 heterocycles. The van der Waals surface area contributed by atoms with E-state index in [-0.39, 0.29) is 0 Å². The van der Waals surface area contributed by atoms with E-state index in [0.29, 0.717) is 12.5 Å². The molecule has 0 atom stereocenters. The van der Waals surface area contributed by atoms with E-state index < -0.39 is 0 Å². The molecule has 1 saturated carbocycles. The molecule has 1 fully saturated rings. The van der Waals surface area contributed by atoms with Crippen LogP contribution in [0.4, 0.5) is 0 Å².